The molecular weight excluding hydrogens is 225 g/mol. The Kier molecular flexibility index (Phi) is 3.68. The van der Waals surface area contributed by atoms with Gasteiger partial charge in [-0.3, -0.25) is 0 Å². The predicted octanol–water partition coefficient (Wildman–Crippen LogP) is -0.0545. The molecular formula is C8H7BClFO4. The smallest absolute Gasteiger partial charge is 0.465 e. The van der Waals surface area contributed by atoms with Crippen LogP contribution in [0.15, 0.2) is 12.1 Å². The Balaban J connectivity index is 3.29. The Bertz CT molecular complexity index is 396. The van der Waals surface area contributed by atoms with Crippen LogP contribution in [0.3, 0.4) is 0 Å². The zero-order valence-corrected chi connectivity index (χ0v) is 8.45. The number of carbonyl (C=O) groups is 1. The van der Waals surface area contributed by atoms with Gasteiger partial charge in [-0.1, -0.05) is 11.6 Å². The van der Waals surface area contributed by atoms with Gasteiger partial charge in [0.15, 0.2) is 0 Å². The van der Waals surface area contributed by atoms with Crippen molar-refractivity contribution in [3.05, 3.63) is 28.5 Å². The van der Waals surface area contributed by atoms with E-state index >= 15 is 0 Å². The normalized spacial score (nSPS) is 9.93. The number of benzene rings is 1. The number of hydrogen-bond donors (Lipinski definition) is 2. The Hall–Kier alpha value is -1.11. The number of ether oxygens (including phenoxy) is 1. The van der Waals surface area contributed by atoms with E-state index in [0.29, 0.717) is 0 Å². The molecule has 1 aromatic carbocycles. The predicted molar refractivity (Wildman–Crippen MR) is 52.6 cm³/mol. The quantitative estimate of drug-likeness (QED) is 0.554. The first-order chi connectivity index (χ1) is 6.97. The van der Waals surface area contributed by atoms with Gasteiger partial charge >= 0.3 is 13.1 Å². The molecule has 0 aromatic heterocycles. The van der Waals surface area contributed by atoms with Crippen LogP contribution in [0.25, 0.3) is 0 Å². The van der Waals surface area contributed by atoms with Gasteiger partial charge < -0.3 is 14.8 Å². The number of carbonyl (C=O) groups excluding carboxylic acids is 1. The summed E-state index contributed by atoms with van der Waals surface area (Å²) in [6.07, 6.45) is 0. The summed E-state index contributed by atoms with van der Waals surface area (Å²) >= 11 is 5.58. The molecule has 0 spiro atoms. The van der Waals surface area contributed by atoms with Crippen LogP contribution in [0.1, 0.15) is 10.4 Å². The maximum Gasteiger partial charge on any atom is 0.491 e. The summed E-state index contributed by atoms with van der Waals surface area (Å²) in [4.78, 5) is 11.1. The molecule has 0 aliphatic carbocycles. The van der Waals surface area contributed by atoms with E-state index in [2.05, 4.69) is 4.74 Å². The number of esters is 1. The Morgan fingerprint density at radius 3 is 2.60 bits per heavy atom. The molecule has 0 amide bonds. The molecule has 80 valence electrons. The molecule has 0 heterocycles. The highest BCUT2D eigenvalue weighted by Gasteiger charge is 2.21. The number of halogens is 2. The molecule has 0 saturated heterocycles. The number of rotatable bonds is 2. The summed E-state index contributed by atoms with van der Waals surface area (Å²) in [6, 6.07) is 1.76. The third kappa shape index (κ3) is 2.47. The third-order valence-electron chi connectivity index (χ3n) is 1.77. The van der Waals surface area contributed by atoms with Crippen LogP contribution in [-0.2, 0) is 4.74 Å². The Morgan fingerprint density at radius 2 is 2.13 bits per heavy atom. The van der Waals surface area contributed by atoms with E-state index in [-0.39, 0.29) is 10.6 Å². The molecule has 0 radical (unpaired) electrons. The lowest BCUT2D eigenvalue weighted by atomic mass is 9.79. The van der Waals surface area contributed by atoms with Gasteiger partial charge in [-0.15, -0.1) is 0 Å². The molecule has 0 aliphatic heterocycles. The topological polar surface area (TPSA) is 66.8 Å². The molecule has 15 heavy (non-hydrogen) atoms. The maximum atomic E-state index is 13.1. The first-order valence-electron chi connectivity index (χ1n) is 3.90. The van der Waals surface area contributed by atoms with E-state index in [9.17, 15) is 9.18 Å². The van der Waals surface area contributed by atoms with E-state index in [1.165, 1.54) is 0 Å². The van der Waals surface area contributed by atoms with Crippen molar-refractivity contribution in [1.82, 2.24) is 0 Å². The average molecular weight is 232 g/mol. The Morgan fingerprint density at radius 1 is 1.53 bits per heavy atom. The number of methoxy groups -OCH3 is 1. The monoisotopic (exact) mass is 232 g/mol. The summed E-state index contributed by atoms with van der Waals surface area (Å²) in [5.41, 5.74) is -0.552. The van der Waals surface area contributed by atoms with Gasteiger partial charge in [0.25, 0.3) is 0 Å². The molecule has 4 nitrogen and oxygen atoms in total. The van der Waals surface area contributed by atoms with Crippen molar-refractivity contribution < 1.29 is 24.0 Å². The van der Waals surface area contributed by atoms with Crippen molar-refractivity contribution in [1.29, 1.82) is 0 Å². The van der Waals surface area contributed by atoms with Crippen molar-refractivity contribution >= 4 is 30.2 Å². The fourth-order valence-corrected chi connectivity index (χ4v) is 1.26. The first-order valence-corrected chi connectivity index (χ1v) is 4.28. The van der Waals surface area contributed by atoms with Crippen molar-refractivity contribution in [2.24, 2.45) is 0 Å². The highest BCUT2D eigenvalue weighted by molar-refractivity contribution is 6.59. The molecule has 0 aliphatic rings. The molecule has 0 fully saturated rings. The van der Waals surface area contributed by atoms with Crippen molar-refractivity contribution in [2.45, 2.75) is 0 Å². The molecule has 0 saturated carbocycles. The minimum atomic E-state index is -2.01. The van der Waals surface area contributed by atoms with Crippen LogP contribution in [-0.4, -0.2) is 30.2 Å². The van der Waals surface area contributed by atoms with Gasteiger partial charge in [-0.25, -0.2) is 9.18 Å². The zero-order chi connectivity index (χ0) is 11.6. The molecule has 0 unspecified atom stereocenters. The summed E-state index contributed by atoms with van der Waals surface area (Å²) < 4.78 is 17.5. The van der Waals surface area contributed by atoms with E-state index < -0.39 is 24.4 Å². The lowest BCUT2D eigenvalue weighted by molar-refractivity contribution is 0.0601. The lowest BCUT2D eigenvalue weighted by Gasteiger charge is -2.06. The molecule has 1 rings (SSSR count). The molecule has 0 bridgehead atoms. The highest BCUT2D eigenvalue weighted by Crippen LogP contribution is 2.17. The van der Waals surface area contributed by atoms with Gasteiger partial charge in [0.1, 0.15) is 5.82 Å². The van der Waals surface area contributed by atoms with Gasteiger partial charge in [0, 0.05) is 5.46 Å². The molecule has 0 atom stereocenters. The minimum Gasteiger partial charge on any atom is -0.465 e. The van der Waals surface area contributed by atoms with Gasteiger partial charge in [0.05, 0.1) is 17.7 Å². The summed E-state index contributed by atoms with van der Waals surface area (Å²) in [6.45, 7) is 0. The van der Waals surface area contributed by atoms with E-state index in [1.807, 2.05) is 0 Å². The van der Waals surface area contributed by atoms with Crippen LogP contribution >= 0.6 is 11.6 Å². The zero-order valence-electron chi connectivity index (χ0n) is 7.70. The van der Waals surface area contributed by atoms with E-state index in [0.717, 1.165) is 19.2 Å². The fourth-order valence-electron chi connectivity index (χ4n) is 1.03. The van der Waals surface area contributed by atoms with Crippen LogP contribution in [0.4, 0.5) is 4.39 Å². The highest BCUT2D eigenvalue weighted by atomic mass is 35.5. The van der Waals surface area contributed by atoms with Gasteiger partial charge in [-0.05, 0) is 12.1 Å². The largest absolute Gasteiger partial charge is 0.491 e. The molecule has 7 heteroatoms. The van der Waals surface area contributed by atoms with E-state index in [4.69, 9.17) is 21.6 Å². The van der Waals surface area contributed by atoms with E-state index in [1.54, 1.807) is 0 Å². The van der Waals surface area contributed by atoms with Crippen molar-refractivity contribution in [2.75, 3.05) is 7.11 Å². The second kappa shape index (κ2) is 4.61. The molecule has 2 N–H and O–H groups in total. The summed E-state index contributed by atoms with van der Waals surface area (Å²) in [5.74, 6) is -1.68. The SMILES string of the molecule is COC(=O)c1cc(B(O)O)c(F)cc1Cl. The minimum absolute atomic E-state index is 0.122. The average Bonchev–Trinajstić information content (AvgIpc) is 2.16. The van der Waals surface area contributed by atoms with Gasteiger partial charge in [-0.2, -0.15) is 0 Å². The second-order valence-corrected chi connectivity index (χ2v) is 3.13. The van der Waals surface area contributed by atoms with Crippen LogP contribution < -0.4 is 5.46 Å². The number of hydrogen-bond acceptors (Lipinski definition) is 4. The van der Waals surface area contributed by atoms with Crippen LogP contribution in [0.5, 0.6) is 0 Å². The second-order valence-electron chi connectivity index (χ2n) is 2.72. The third-order valence-corrected chi connectivity index (χ3v) is 2.08. The first kappa shape index (κ1) is 12.0. The molecule has 1 aromatic rings. The maximum absolute atomic E-state index is 13.1. The van der Waals surface area contributed by atoms with Gasteiger partial charge in [0.2, 0.25) is 0 Å². The van der Waals surface area contributed by atoms with Crippen molar-refractivity contribution in [3.8, 4) is 0 Å². The van der Waals surface area contributed by atoms with Crippen LogP contribution in [0.2, 0.25) is 5.02 Å². The standard InChI is InChI=1S/C8H7BClFO4/c1-15-8(12)4-2-5(9(13)14)7(11)3-6(4)10/h2-3,13-14H,1H3. The fraction of sp³-hybridized carbons (Fsp3) is 0.125. The summed E-state index contributed by atoms with van der Waals surface area (Å²) in [7, 11) is -0.873. The summed E-state index contributed by atoms with van der Waals surface area (Å²) in [5, 5.41) is 17.4. The van der Waals surface area contributed by atoms with Crippen LogP contribution in [0, 0.1) is 5.82 Å². The Labute approximate surface area is 90.4 Å². The lowest BCUT2D eigenvalue weighted by Crippen LogP contribution is -2.33. The van der Waals surface area contributed by atoms with Crippen molar-refractivity contribution in [3.63, 3.8) is 0 Å².